The zero-order chi connectivity index (χ0) is 14.7. The highest BCUT2D eigenvalue weighted by atomic mass is 15.3. The summed E-state index contributed by atoms with van der Waals surface area (Å²) in [5.41, 5.74) is 6.96. The maximum atomic E-state index is 5.60. The van der Waals surface area contributed by atoms with E-state index in [0.717, 1.165) is 32.0 Å². The number of nitrogens with two attached hydrogens (primary N) is 1. The van der Waals surface area contributed by atoms with Gasteiger partial charge in [-0.3, -0.25) is 4.90 Å². The smallest absolute Gasteiger partial charge is 0.147 e. The van der Waals surface area contributed by atoms with E-state index in [1.807, 2.05) is 0 Å². The van der Waals surface area contributed by atoms with E-state index in [2.05, 4.69) is 57.0 Å². The molecule has 2 heterocycles. The summed E-state index contributed by atoms with van der Waals surface area (Å²) in [4.78, 5) is 13.3. The summed E-state index contributed by atoms with van der Waals surface area (Å²) >= 11 is 0. The number of nitrogen functional groups attached to an aromatic ring is 1. The molecule has 5 nitrogen and oxygen atoms in total. The third-order valence-electron chi connectivity index (χ3n) is 3.91. The van der Waals surface area contributed by atoms with Crippen LogP contribution in [0.3, 0.4) is 0 Å². The number of benzene rings is 1. The Morgan fingerprint density at radius 1 is 1.14 bits per heavy atom. The van der Waals surface area contributed by atoms with Gasteiger partial charge < -0.3 is 10.6 Å². The van der Waals surface area contributed by atoms with E-state index in [9.17, 15) is 0 Å². The lowest BCUT2D eigenvalue weighted by molar-refractivity contribution is 0.220. The van der Waals surface area contributed by atoms with Gasteiger partial charge in [-0.15, -0.1) is 0 Å². The second kappa shape index (κ2) is 6.10. The van der Waals surface area contributed by atoms with E-state index in [-0.39, 0.29) is 0 Å². The lowest BCUT2D eigenvalue weighted by Crippen LogP contribution is -2.51. The fraction of sp³-hybridized carbons (Fsp3) is 0.375. The van der Waals surface area contributed by atoms with Crippen LogP contribution in [-0.4, -0.2) is 40.5 Å². The molecule has 0 bridgehead atoms. The van der Waals surface area contributed by atoms with Crippen molar-refractivity contribution in [1.29, 1.82) is 0 Å². The summed E-state index contributed by atoms with van der Waals surface area (Å²) in [6, 6.07) is 11.0. The molecule has 1 unspecified atom stereocenters. The third-order valence-corrected chi connectivity index (χ3v) is 3.91. The molecule has 2 N–H and O–H groups in total. The minimum Gasteiger partial charge on any atom is -0.382 e. The fourth-order valence-electron chi connectivity index (χ4n) is 2.84. The average Bonchev–Trinajstić information content (AvgIpc) is 2.50. The van der Waals surface area contributed by atoms with Crippen LogP contribution in [0, 0.1) is 0 Å². The van der Waals surface area contributed by atoms with Gasteiger partial charge in [-0.05, 0) is 12.5 Å². The van der Waals surface area contributed by atoms with E-state index in [4.69, 9.17) is 5.73 Å². The molecule has 0 aliphatic carbocycles. The van der Waals surface area contributed by atoms with Crippen molar-refractivity contribution in [3.05, 3.63) is 48.3 Å². The van der Waals surface area contributed by atoms with Gasteiger partial charge in [-0.1, -0.05) is 30.3 Å². The number of hydrogen-bond acceptors (Lipinski definition) is 5. The normalized spacial score (nSPS) is 19.7. The van der Waals surface area contributed by atoms with Gasteiger partial charge in [0.1, 0.15) is 11.6 Å². The Bertz CT molecular complexity index is 569. The molecule has 1 aliphatic heterocycles. The van der Waals surface area contributed by atoms with Crippen molar-refractivity contribution < 1.29 is 0 Å². The Morgan fingerprint density at radius 2 is 1.95 bits per heavy atom. The summed E-state index contributed by atoms with van der Waals surface area (Å²) in [6.45, 7) is 6.26. The van der Waals surface area contributed by atoms with Crippen LogP contribution in [0.2, 0.25) is 0 Å². The number of rotatable bonds is 3. The molecule has 3 rings (SSSR count). The Balaban J connectivity index is 1.63. The van der Waals surface area contributed by atoms with Crippen LogP contribution in [0.5, 0.6) is 0 Å². The van der Waals surface area contributed by atoms with E-state index in [1.54, 1.807) is 12.4 Å². The van der Waals surface area contributed by atoms with E-state index in [1.165, 1.54) is 5.56 Å². The molecule has 0 radical (unpaired) electrons. The molecule has 1 fully saturated rings. The molecule has 1 aliphatic rings. The number of aromatic nitrogens is 2. The van der Waals surface area contributed by atoms with Gasteiger partial charge in [0.15, 0.2) is 0 Å². The molecule has 1 saturated heterocycles. The first-order valence-corrected chi connectivity index (χ1v) is 7.33. The van der Waals surface area contributed by atoms with E-state index < -0.39 is 0 Å². The van der Waals surface area contributed by atoms with Crippen molar-refractivity contribution >= 4 is 11.6 Å². The van der Waals surface area contributed by atoms with Crippen LogP contribution in [-0.2, 0) is 6.54 Å². The second-order valence-corrected chi connectivity index (χ2v) is 5.56. The summed E-state index contributed by atoms with van der Waals surface area (Å²) < 4.78 is 0. The van der Waals surface area contributed by atoms with Crippen molar-refractivity contribution in [3.8, 4) is 0 Å². The van der Waals surface area contributed by atoms with Gasteiger partial charge in [0, 0.05) is 32.2 Å². The van der Waals surface area contributed by atoms with Gasteiger partial charge >= 0.3 is 0 Å². The lowest BCUT2D eigenvalue weighted by Gasteiger charge is -2.40. The zero-order valence-corrected chi connectivity index (χ0v) is 12.3. The average molecular weight is 283 g/mol. The van der Waals surface area contributed by atoms with Crippen LogP contribution in [0.4, 0.5) is 11.6 Å². The summed E-state index contributed by atoms with van der Waals surface area (Å²) in [7, 11) is 0. The lowest BCUT2D eigenvalue weighted by atomic mass is 10.1. The zero-order valence-electron chi connectivity index (χ0n) is 12.3. The van der Waals surface area contributed by atoms with Crippen molar-refractivity contribution in [2.75, 3.05) is 30.3 Å². The largest absolute Gasteiger partial charge is 0.382 e. The molecule has 2 aromatic rings. The highest BCUT2D eigenvalue weighted by Crippen LogP contribution is 2.19. The first-order chi connectivity index (χ1) is 10.2. The molecular weight excluding hydrogens is 262 g/mol. The van der Waals surface area contributed by atoms with Crippen LogP contribution in [0.1, 0.15) is 12.5 Å². The molecular formula is C16H21N5. The number of anilines is 2. The monoisotopic (exact) mass is 283 g/mol. The maximum Gasteiger partial charge on any atom is 0.147 e. The van der Waals surface area contributed by atoms with Crippen LogP contribution >= 0.6 is 0 Å². The molecule has 0 amide bonds. The molecule has 1 aromatic carbocycles. The number of nitrogens with zero attached hydrogens (tertiary/aromatic N) is 4. The Morgan fingerprint density at radius 3 is 2.62 bits per heavy atom. The molecule has 1 atom stereocenters. The standard InChI is InChI=1S/C16H21N5/c1-13-11-20(12-14-5-3-2-4-6-14)7-8-21(13)16-10-18-15(17)9-19-16/h2-6,9-10,13H,7-8,11-12H2,1H3,(H2,17,18). The predicted molar refractivity (Wildman–Crippen MR) is 85.0 cm³/mol. The SMILES string of the molecule is CC1CN(Cc2ccccc2)CCN1c1cnc(N)cn1. The molecule has 5 heteroatoms. The van der Waals surface area contributed by atoms with Crippen LogP contribution in [0.15, 0.2) is 42.7 Å². The van der Waals surface area contributed by atoms with E-state index in [0.29, 0.717) is 11.9 Å². The molecule has 21 heavy (non-hydrogen) atoms. The Labute approximate surface area is 125 Å². The maximum absolute atomic E-state index is 5.60. The van der Waals surface area contributed by atoms with Crippen LogP contribution in [0.25, 0.3) is 0 Å². The van der Waals surface area contributed by atoms with Crippen LogP contribution < -0.4 is 10.6 Å². The van der Waals surface area contributed by atoms with Crippen molar-refractivity contribution in [2.45, 2.75) is 19.5 Å². The summed E-state index contributed by atoms with van der Waals surface area (Å²) in [5, 5.41) is 0. The van der Waals surface area contributed by atoms with Crippen molar-refractivity contribution in [1.82, 2.24) is 14.9 Å². The highest BCUT2D eigenvalue weighted by Gasteiger charge is 2.24. The van der Waals surface area contributed by atoms with Gasteiger partial charge in [0.25, 0.3) is 0 Å². The topological polar surface area (TPSA) is 58.3 Å². The Kier molecular flexibility index (Phi) is 4.01. The summed E-state index contributed by atoms with van der Waals surface area (Å²) in [5.74, 6) is 1.38. The highest BCUT2D eigenvalue weighted by molar-refractivity contribution is 5.41. The Hall–Kier alpha value is -2.14. The van der Waals surface area contributed by atoms with Crippen molar-refractivity contribution in [2.24, 2.45) is 0 Å². The van der Waals surface area contributed by atoms with Gasteiger partial charge in [-0.2, -0.15) is 0 Å². The second-order valence-electron chi connectivity index (χ2n) is 5.56. The minimum absolute atomic E-state index is 0.417. The van der Waals surface area contributed by atoms with Crippen molar-refractivity contribution in [3.63, 3.8) is 0 Å². The van der Waals surface area contributed by atoms with Gasteiger partial charge in [0.2, 0.25) is 0 Å². The molecule has 110 valence electrons. The van der Waals surface area contributed by atoms with Gasteiger partial charge in [-0.25, -0.2) is 9.97 Å². The number of hydrogen-bond donors (Lipinski definition) is 1. The number of piperazine rings is 1. The fourth-order valence-corrected chi connectivity index (χ4v) is 2.84. The third kappa shape index (κ3) is 3.31. The van der Waals surface area contributed by atoms with Gasteiger partial charge in [0.05, 0.1) is 12.4 Å². The first-order valence-electron chi connectivity index (χ1n) is 7.33. The summed E-state index contributed by atoms with van der Waals surface area (Å²) in [6.07, 6.45) is 3.39. The quantitative estimate of drug-likeness (QED) is 0.930. The predicted octanol–water partition coefficient (Wildman–Crippen LogP) is 1.77. The molecule has 0 saturated carbocycles. The minimum atomic E-state index is 0.417. The molecule has 1 aromatic heterocycles. The van der Waals surface area contributed by atoms with E-state index >= 15 is 0 Å². The molecule has 0 spiro atoms. The first kappa shape index (κ1) is 13.8.